The molecule has 0 amide bonds. The maximum atomic E-state index is 10.3. The van der Waals surface area contributed by atoms with E-state index >= 15 is 0 Å². The standard InChI is InChI=1S/C7H7Cl2NO3S.Na/c8-5-1-6(9)3-7(2-5)10-4-14(11,12)13;/h1-3,10H,4H2,(H,11,12,13);/q;+1/p-1. The third-order valence-electron chi connectivity index (χ3n) is 1.32. The van der Waals surface area contributed by atoms with E-state index in [9.17, 15) is 13.0 Å². The number of halogens is 2. The summed E-state index contributed by atoms with van der Waals surface area (Å²) >= 11 is 11.3. The fourth-order valence-corrected chi connectivity index (χ4v) is 1.70. The van der Waals surface area contributed by atoms with Crippen LogP contribution in [0, 0.1) is 0 Å². The van der Waals surface area contributed by atoms with Gasteiger partial charge in [-0.25, -0.2) is 8.42 Å². The van der Waals surface area contributed by atoms with Crippen LogP contribution in [-0.4, -0.2) is 18.8 Å². The molecule has 0 fully saturated rings. The molecule has 0 radical (unpaired) electrons. The van der Waals surface area contributed by atoms with Crippen molar-refractivity contribution in [1.29, 1.82) is 0 Å². The van der Waals surface area contributed by atoms with Gasteiger partial charge in [-0.2, -0.15) is 0 Å². The average molecular weight is 278 g/mol. The number of benzene rings is 1. The van der Waals surface area contributed by atoms with Crippen LogP contribution in [0.15, 0.2) is 18.2 Å². The summed E-state index contributed by atoms with van der Waals surface area (Å²) in [5.74, 6) is -0.691. The summed E-state index contributed by atoms with van der Waals surface area (Å²) in [5, 5.41) is 3.13. The zero-order valence-electron chi connectivity index (χ0n) is 7.83. The van der Waals surface area contributed by atoms with Gasteiger partial charge in [0.05, 0.1) is 0 Å². The van der Waals surface area contributed by atoms with Crippen LogP contribution >= 0.6 is 23.2 Å². The molecule has 1 aromatic carbocycles. The van der Waals surface area contributed by atoms with Crippen molar-refractivity contribution in [2.75, 3.05) is 11.2 Å². The van der Waals surface area contributed by atoms with E-state index in [2.05, 4.69) is 5.32 Å². The van der Waals surface area contributed by atoms with Crippen molar-refractivity contribution >= 4 is 39.0 Å². The molecule has 4 nitrogen and oxygen atoms in total. The van der Waals surface area contributed by atoms with Crippen molar-refractivity contribution in [2.45, 2.75) is 0 Å². The molecule has 1 aromatic rings. The topological polar surface area (TPSA) is 69.2 Å². The molecule has 1 N–H and O–H groups in total. The van der Waals surface area contributed by atoms with Crippen molar-refractivity contribution in [3.8, 4) is 0 Å². The molecule has 0 aliphatic carbocycles. The van der Waals surface area contributed by atoms with Gasteiger partial charge in [0.15, 0.2) is 0 Å². The quantitative estimate of drug-likeness (QED) is 0.563. The van der Waals surface area contributed by atoms with Gasteiger partial charge in [-0.15, -0.1) is 0 Å². The molecule has 0 bridgehead atoms. The van der Waals surface area contributed by atoms with E-state index in [0.29, 0.717) is 15.7 Å². The minimum absolute atomic E-state index is 0. The second-order valence-corrected chi connectivity index (χ2v) is 4.81. The van der Waals surface area contributed by atoms with Gasteiger partial charge >= 0.3 is 29.6 Å². The van der Waals surface area contributed by atoms with Crippen molar-refractivity contribution in [3.05, 3.63) is 28.2 Å². The summed E-state index contributed by atoms with van der Waals surface area (Å²) < 4.78 is 30.9. The average Bonchev–Trinajstić information content (AvgIpc) is 1.97. The molecule has 0 saturated heterocycles. The number of hydrogen-bond donors (Lipinski definition) is 1. The van der Waals surface area contributed by atoms with Crippen LogP contribution in [0.2, 0.25) is 10.0 Å². The number of rotatable bonds is 3. The van der Waals surface area contributed by atoms with Crippen LogP contribution in [0.3, 0.4) is 0 Å². The summed E-state index contributed by atoms with van der Waals surface area (Å²) in [5.41, 5.74) is 0.391. The third-order valence-corrected chi connectivity index (χ3v) is 2.25. The summed E-state index contributed by atoms with van der Waals surface area (Å²) in [7, 11) is -4.30. The maximum Gasteiger partial charge on any atom is 1.00 e. The van der Waals surface area contributed by atoms with Crippen molar-refractivity contribution in [3.63, 3.8) is 0 Å². The van der Waals surface area contributed by atoms with Gasteiger partial charge in [-0.05, 0) is 18.2 Å². The molecule has 0 heterocycles. The number of hydrogen-bond acceptors (Lipinski definition) is 4. The molecule has 78 valence electrons. The third kappa shape index (κ3) is 6.63. The Kier molecular flexibility index (Phi) is 6.51. The van der Waals surface area contributed by atoms with E-state index < -0.39 is 16.0 Å². The predicted molar refractivity (Wildman–Crippen MR) is 54.6 cm³/mol. The molecule has 0 saturated carbocycles. The molecule has 0 aliphatic heterocycles. The minimum atomic E-state index is -4.30. The largest absolute Gasteiger partial charge is 1.00 e. The van der Waals surface area contributed by atoms with E-state index in [1.54, 1.807) is 0 Å². The van der Waals surface area contributed by atoms with E-state index in [0.717, 1.165) is 0 Å². The Morgan fingerprint density at radius 2 is 1.67 bits per heavy atom. The summed E-state index contributed by atoms with van der Waals surface area (Å²) in [6.45, 7) is 0. The van der Waals surface area contributed by atoms with Crippen LogP contribution in [0.1, 0.15) is 0 Å². The molecule has 0 unspecified atom stereocenters. The Morgan fingerprint density at radius 1 is 1.20 bits per heavy atom. The van der Waals surface area contributed by atoms with Gasteiger partial charge in [0.2, 0.25) is 0 Å². The summed E-state index contributed by atoms with van der Waals surface area (Å²) in [4.78, 5) is 0. The Labute approximate surface area is 120 Å². The molecule has 1 rings (SSSR count). The SMILES string of the molecule is O=S(=O)([O-])CNc1cc(Cl)cc(Cl)c1.[Na+]. The normalized spacial score (nSPS) is 10.6. The van der Waals surface area contributed by atoms with Gasteiger partial charge in [-0.1, -0.05) is 23.2 Å². The Bertz CT molecular complexity index is 418. The van der Waals surface area contributed by atoms with E-state index in [-0.39, 0.29) is 29.6 Å². The Hall–Kier alpha value is 0.510. The molecular formula is C7H6Cl2NNaO3S. The van der Waals surface area contributed by atoms with Crippen LogP contribution in [0.25, 0.3) is 0 Å². The van der Waals surface area contributed by atoms with Gasteiger partial charge in [-0.3, -0.25) is 0 Å². The first-order valence-electron chi connectivity index (χ1n) is 3.50. The summed E-state index contributed by atoms with van der Waals surface area (Å²) in [6.07, 6.45) is 0. The zero-order valence-corrected chi connectivity index (χ0v) is 12.2. The zero-order chi connectivity index (χ0) is 10.8. The van der Waals surface area contributed by atoms with E-state index in [1.807, 2.05) is 0 Å². The van der Waals surface area contributed by atoms with Crippen LogP contribution in [-0.2, 0) is 10.1 Å². The monoisotopic (exact) mass is 277 g/mol. The molecule has 15 heavy (non-hydrogen) atoms. The van der Waals surface area contributed by atoms with Crippen LogP contribution in [0.4, 0.5) is 5.69 Å². The van der Waals surface area contributed by atoms with Crippen LogP contribution < -0.4 is 34.9 Å². The molecule has 0 spiro atoms. The molecule has 0 atom stereocenters. The second kappa shape index (κ2) is 6.30. The first-order valence-corrected chi connectivity index (χ1v) is 5.84. The Balaban J connectivity index is 0.00000196. The fraction of sp³-hybridized carbons (Fsp3) is 0.143. The van der Waals surface area contributed by atoms with Gasteiger partial charge in [0, 0.05) is 15.7 Å². The van der Waals surface area contributed by atoms with Gasteiger partial charge < -0.3 is 9.87 Å². The van der Waals surface area contributed by atoms with Gasteiger partial charge in [0.1, 0.15) is 16.0 Å². The first-order chi connectivity index (χ1) is 6.37. The maximum absolute atomic E-state index is 10.3. The predicted octanol–water partition coefficient (Wildman–Crippen LogP) is -1.09. The fourth-order valence-electron chi connectivity index (χ4n) is 0.828. The number of anilines is 1. The molecule has 0 aliphatic rings. The van der Waals surface area contributed by atoms with Crippen molar-refractivity contribution in [2.24, 2.45) is 0 Å². The van der Waals surface area contributed by atoms with Crippen LogP contribution in [0.5, 0.6) is 0 Å². The smallest absolute Gasteiger partial charge is 0.747 e. The number of nitrogens with one attached hydrogen (secondary N) is 1. The molecular weight excluding hydrogens is 272 g/mol. The van der Waals surface area contributed by atoms with Crippen molar-refractivity contribution < 1.29 is 42.5 Å². The van der Waals surface area contributed by atoms with E-state index in [4.69, 9.17) is 23.2 Å². The minimum Gasteiger partial charge on any atom is -0.747 e. The first kappa shape index (κ1) is 15.5. The Morgan fingerprint density at radius 3 is 2.07 bits per heavy atom. The second-order valence-electron chi connectivity index (χ2n) is 2.54. The molecule has 0 aromatic heterocycles. The van der Waals surface area contributed by atoms with Crippen molar-refractivity contribution in [1.82, 2.24) is 0 Å². The molecule has 8 heteroatoms. The van der Waals surface area contributed by atoms with Gasteiger partial charge in [0.25, 0.3) is 0 Å². The summed E-state index contributed by atoms with van der Waals surface area (Å²) in [6, 6.07) is 4.44. The van der Waals surface area contributed by atoms with E-state index in [1.165, 1.54) is 18.2 Å².